The smallest absolute Gasteiger partial charge is 0.0801 e. The van der Waals surface area contributed by atoms with E-state index >= 15 is 0 Å². The van der Waals surface area contributed by atoms with Crippen LogP contribution in [0.5, 0.6) is 0 Å². The van der Waals surface area contributed by atoms with Gasteiger partial charge in [-0.2, -0.15) is 0 Å². The number of aromatic nitrogens is 1. The molecule has 0 aliphatic heterocycles. The summed E-state index contributed by atoms with van der Waals surface area (Å²) in [6, 6.07) is 8.82. The van der Waals surface area contributed by atoms with E-state index in [0.717, 1.165) is 5.69 Å². The molecule has 1 nitrogen and oxygen atoms in total. The second-order valence-electron chi connectivity index (χ2n) is 5.09. The first kappa shape index (κ1) is 11.3. The van der Waals surface area contributed by atoms with Crippen LogP contribution in [0.1, 0.15) is 32.0 Å². The molecule has 0 saturated carbocycles. The Balaban J connectivity index is 2.37. The second kappa shape index (κ2) is 4.02. The first-order valence-corrected chi connectivity index (χ1v) is 6.37. The van der Waals surface area contributed by atoms with Gasteiger partial charge in [0.05, 0.1) is 16.1 Å². The summed E-state index contributed by atoms with van der Waals surface area (Å²) in [6.07, 6.45) is 0. The third kappa shape index (κ3) is 2.17. The summed E-state index contributed by atoms with van der Waals surface area (Å²) in [5.74, 6) is 0. The Hall–Kier alpha value is -1.15. The molecule has 0 fully saturated rings. The highest BCUT2D eigenvalue weighted by atomic mass is 32.1. The predicted octanol–water partition coefficient (Wildman–Crippen LogP) is 4.42. The molecular weight excluding hydrogens is 214 g/mol. The molecule has 0 aliphatic carbocycles. The number of thiazole rings is 1. The molecule has 1 heterocycles. The molecule has 0 saturated heterocycles. The highest BCUT2D eigenvalue weighted by Gasteiger charge is 2.13. The first-order chi connectivity index (χ1) is 7.48. The van der Waals surface area contributed by atoms with Crippen LogP contribution in [0.25, 0.3) is 10.4 Å². The molecule has 0 atom stereocenters. The minimum atomic E-state index is 0.223. The van der Waals surface area contributed by atoms with Crippen LogP contribution < -0.4 is 0 Å². The number of rotatable bonds is 1. The van der Waals surface area contributed by atoms with Crippen molar-refractivity contribution in [2.45, 2.75) is 33.1 Å². The average Bonchev–Trinajstić information content (AvgIpc) is 2.63. The van der Waals surface area contributed by atoms with Crippen LogP contribution >= 0.6 is 11.3 Å². The third-order valence-electron chi connectivity index (χ3n) is 2.76. The van der Waals surface area contributed by atoms with Gasteiger partial charge in [-0.3, -0.25) is 0 Å². The predicted molar refractivity (Wildman–Crippen MR) is 71.0 cm³/mol. The molecule has 0 spiro atoms. The van der Waals surface area contributed by atoms with Gasteiger partial charge in [0.2, 0.25) is 0 Å². The number of nitrogens with zero attached hydrogens (tertiary/aromatic N) is 1. The highest BCUT2D eigenvalue weighted by Crippen LogP contribution is 2.29. The Labute approximate surface area is 101 Å². The van der Waals surface area contributed by atoms with Crippen molar-refractivity contribution in [3.8, 4) is 10.4 Å². The maximum atomic E-state index is 4.28. The van der Waals surface area contributed by atoms with Gasteiger partial charge in [-0.25, -0.2) is 4.98 Å². The molecular formula is C14H17NS. The van der Waals surface area contributed by atoms with Crippen LogP contribution in [0.4, 0.5) is 0 Å². The van der Waals surface area contributed by atoms with E-state index in [1.165, 1.54) is 16.0 Å². The quantitative estimate of drug-likeness (QED) is 0.708. The van der Waals surface area contributed by atoms with Gasteiger partial charge in [0.25, 0.3) is 0 Å². The van der Waals surface area contributed by atoms with E-state index < -0.39 is 0 Å². The van der Waals surface area contributed by atoms with Crippen molar-refractivity contribution in [2.24, 2.45) is 0 Å². The van der Waals surface area contributed by atoms with E-state index in [0.29, 0.717) is 0 Å². The highest BCUT2D eigenvalue weighted by molar-refractivity contribution is 7.13. The molecule has 2 heteroatoms. The first-order valence-electron chi connectivity index (χ1n) is 5.49. The van der Waals surface area contributed by atoms with Gasteiger partial charge in [-0.1, -0.05) is 45.0 Å². The zero-order chi connectivity index (χ0) is 11.8. The normalized spacial score (nSPS) is 11.8. The summed E-state index contributed by atoms with van der Waals surface area (Å²) >= 11 is 1.70. The van der Waals surface area contributed by atoms with E-state index in [2.05, 4.69) is 56.9 Å². The lowest BCUT2D eigenvalue weighted by Crippen LogP contribution is -2.10. The lowest BCUT2D eigenvalue weighted by atomic mass is 9.86. The summed E-state index contributed by atoms with van der Waals surface area (Å²) < 4.78 is 0. The number of aryl methyl sites for hydroxylation is 1. The lowest BCUT2D eigenvalue weighted by Gasteiger charge is -2.19. The number of hydrogen-bond donors (Lipinski definition) is 0. The minimum absolute atomic E-state index is 0.223. The Kier molecular flexibility index (Phi) is 2.85. The van der Waals surface area contributed by atoms with Crippen LogP contribution in [0.3, 0.4) is 0 Å². The maximum absolute atomic E-state index is 4.28. The molecule has 0 unspecified atom stereocenters. The Morgan fingerprint density at radius 1 is 1.06 bits per heavy atom. The lowest BCUT2D eigenvalue weighted by molar-refractivity contribution is 0.590. The van der Waals surface area contributed by atoms with Gasteiger partial charge in [0.1, 0.15) is 0 Å². The fourth-order valence-electron chi connectivity index (χ4n) is 1.70. The number of hydrogen-bond acceptors (Lipinski definition) is 2. The fourth-order valence-corrected chi connectivity index (χ4v) is 2.51. The molecule has 0 bridgehead atoms. The molecule has 1 aromatic heterocycles. The molecule has 16 heavy (non-hydrogen) atoms. The summed E-state index contributed by atoms with van der Waals surface area (Å²) in [4.78, 5) is 5.56. The molecule has 0 N–H and O–H groups in total. The summed E-state index contributed by atoms with van der Waals surface area (Å²) in [5.41, 5.74) is 5.89. The zero-order valence-corrected chi connectivity index (χ0v) is 11.1. The zero-order valence-electron chi connectivity index (χ0n) is 10.2. The minimum Gasteiger partial charge on any atom is -0.249 e. The maximum Gasteiger partial charge on any atom is 0.0801 e. The van der Waals surface area contributed by atoms with E-state index in [1.54, 1.807) is 11.3 Å². The monoisotopic (exact) mass is 231 g/mol. The standard InChI is InChI=1S/C14H17NS/c1-10-13(16-9-15-10)11-5-7-12(8-6-11)14(2,3)4/h5-9H,1-4H3. The fraction of sp³-hybridized carbons (Fsp3) is 0.357. The van der Waals surface area contributed by atoms with Crippen molar-refractivity contribution in [3.63, 3.8) is 0 Å². The van der Waals surface area contributed by atoms with Crippen molar-refractivity contribution in [3.05, 3.63) is 41.0 Å². The second-order valence-corrected chi connectivity index (χ2v) is 5.95. The topological polar surface area (TPSA) is 12.9 Å². The van der Waals surface area contributed by atoms with Gasteiger partial charge in [0, 0.05) is 0 Å². The average molecular weight is 231 g/mol. The van der Waals surface area contributed by atoms with Crippen molar-refractivity contribution in [1.29, 1.82) is 0 Å². The Morgan fingerprint density at radius 2 is 1.69 bits per heavy atom. The SMILES string of the molecule is Cc1ncsc1-c1ccc(C(C)(C)C)cc1. The van der Waals surface area contributed by atoms with Gasteiger partial charge < -0.3 is 0 Å². The van der Waals surface area contributed by atoms with Crippen LogP contribution in [0.2, 0.25) is 0 Å². The molecule has 0 aliphatic rings. The Bertz CT molecular complexity index is 474. The van der Waals surface area contributed by atoms with Crippen molar-refractivity contribution in [1.82, 2.24) is 4.98 Å². The molecule has 2 rings (SSSR count). The van der Waals surface area contributed by atoms with E-state index in [-0.39, 0.29) is 5.41 Å². The van der Waals surface area contributed by atoms with Gasteiger partial charge in [-0.15, -0.1) is 11.3 Å². The summed E-state index contributed by atoms with van der Waals surface area (Å²) in [6.45, 7) is 8.77. The van der Waals surface area contributed by atoms with Crippen LogP contribution in [-0.2, 0) is 5.41 Å². The van der Waals surface area contributed by atoms with Crippen molar-refractivity contribution >= 4 is 11.3 Å². The van der Waals surface area contributed by atoms with Crippen LogP contribution in [-0.4, -0.2) is 4.98 Å². The van der Waals surface area contributed by atoms with Crippen molar-refractivity contribution < 1.29 is 0 Å². The Morgan fingerprint density at radius 3 is 2.12 bits per heavy atom. The number of benzene rings is 1. The van der Waals surface area contributed by atoms with E-state index in [4.69, 9.17) is 0 Å². The van der Waals surface area contributed by atoms with Crippen LogP contribution in [0, 0.1) is 6.92 Å². The van der Waals surface area contributed by atoms with E-state index in [1.807, 2.05) is 5.51 Å². The van der Waals surface area contributed by atoms with Crippen molar-refractivity contribution in [2.75, 3.05) is 0 Å². The molecule has 0 radical (unpaired) electrons. The molecule has 84 valence electrons. The molecule has 0 amide bonds. The van der Waals surface area contributed by atoms with E-state index in [9.17, 15) is 0 Å². The summed E-state index contributed by atoms with van der Waals surface area (Å²) in [7, 11) is 0. The summed E-state index contributed by atoms with van der Waals surface area (Å²) in [5, 5.41) is 0. The van der Waals surface area contributed by atoms with Crippen LogP contribution in [0.15, 0.2) is 29.8 Å². The largest absolute Gasteiger partial charge is 0.249 e. The molecule has 1 aromatic carbocycles. The van der Waals surface area contributed by atoms with Gasteiger partial charge in [-0.05, 0) is 23.5 Å². The third-order valence-corrected chi connectivity index (χ3v) is 3.74. The van der Waals surface area contributed by atoms with Gasteiger partial charge >= 0.3 is 0 Å². The molecule has 2 aromatic rings. The van der Waals surface area contributed by atoms with Gasteiger partial charge in [0.15, 0.2) is 0 Å².